The lowest BCUT2D eigenvalue weighted by molar-refractivity contribution is 0.449. The first-order valence-corrected chi connectivity index (χ1v) is 9.12. The van der Waals surface area contributed by atoms with Crippen molar-refractivity contribution in [1.29, 1.82) is 0 Å². The van der Waals surface area contributed by atoms with Gasteiger partial charge in [-0.25, -0.2) is 21.6 Å². The van der Waals surface area contributed by atoms with Crippen molar-refractivity contribution < 1.29 is 21.6 Å². The van der Waals surface area contributed by atoms with Gasteiger partial charge in [0, 0.05) is 13.1 Å². The van der Waals surface area contributed by atoms with Crippen LogP contribution in [0.15, 0.2) is 18.3 Å². The van der Waals surface area contributed by atoms with Crippen LogP contribution < -0.4 is 10.2 Å². The number of halogens is 3. The Bertz CT molecular complexity index is 909. The topological polar surface area (TPSA) is 88.1 Å². The highest BCUT2D eigenvalue weighted by molar-refractivity contribution is 7.91. The Morgan fingerprint density at radius 3 is 2.68 bits per heavy atom. The van der Waals surface area contributed by atoms with Crippen molar-refractivity contribution in [1.82, 2.24) is 15.2 Å². The lowest BCUT2D eigenvalue weighted by Crippen LogP contribution is -2.34. The van der Waals surface area contributed by atoms with Crippen molar-refractivity contribution in [3.63, 3.8) is 0 Å². The summed E-state index contributed by atoms with van der Waals surface area (Å²) in [5.74, 6) is -4.00. The maximum atomic E-state index is 13.7. The molecule has 1 saturated heterocycles. The smallest absolute Gasteiger partial charge is 0.247 e. The molecule has 0 amide bonds. The number of rotatable bonds is 4. The van der Waals surface area contributed by atoms with E-state index < -0.39 is 27.3 Å². The van der Waals surface area contributed by atoms with Gasteiger partial charge in [-0.15, -0.1) is 5.10 Å². The minimum atomic E-state index is -3.08. The van der Waals surface area contributed by atoms with Crippen LogP contribution in [0.4, 0.5) is 30.6 Å². The second kappa shape index (κ2) is 6.47. The predicted molar refractivity (Wildman–Crippen MR) is 84.9 cm³/mol. The molecule has 0 spiro atoms. The molecule has 11 heteroatoms. The normalized spacial score (nSPS) is 19.0. The van der Waals surface area contributed by atoms with Crippen LogP contribution in [0.25, 0.3) is 0 Å². The molecule has 134 valence electrons. The fraction of sp³-hybridized carbons (Fsp3) is 0.357. The minimum Gasteiger partial charge on any atom is -0.338 e. The van der Waals surface area contributed by atoms with E-state index >= 15 is 0 Å². The van der Waals surface area contributed by atoms with E-state index in [9.17, 15) is 21.6 Å². The molecule has 0 radical (unpaired) electrons. The van der Waals surface area contributed by atoms with E-state index in [-0.39, 0.29) is 35.0 Å². The van der Waals surface area contributed by atoms with Crippen LogP contribution in [0.5, 0.6) is 0 Å². The summed E-state index contributed by atoms with van der Waals surface area (Å²) in [6, 6.07) is 1.52. The number of hydrogen-bond donors (Lipinski definition) is 1. The number of nitrogens with zero attached hydrogens (tertiary/aromatic N) is 4. The molecule has 2 heterocycles. The van der Waals surface area contributed by atoms with Crippen LogP contribution in [-0.2, 0) is 9.84 Å². The molecule has 25 heavy (non-hydrogen) atoms. The summed E-state index contributed by atoms with van der Waals surface area (Å²) in [6.07, 6.45) is 1.63. The summed E-state index contributed by atoms with van der Waals surface area (Å²) >= 11 is 0. The van der Waals surface area contributed by atoms with E-state index in [1.165, 1.54) is 6.20 Å². The highest BCUT2D eigenvalue weighted by atomic mass is 32.2. The highest BCUT2D eigenvalue weighted by Crippen LogP contribution is 2.24. The Kier molecular flexibility index (Phi) is 4.50. The van der Waals surface area contributed by atoms with Crippen LogP contribution in [0.2, 0.25) is 0 Å². The molecular formula is C14H14F3N5O2S. The summed E-state index contributed by atoms with van der Waals surface area (Å²) in [6.45, 7) is 0. The monoisotopic (exact) mass is 373 g/mol. The summed E-state index contributed by atoms with van der Waals surface area (Å²) < 4.78 is 63.1. The van der Waals surface area contributed by atoms with Gasteiger partial charge in [-0.05, 0) is 18.6 Å². The van der Waals surface area contributed by atoms with Gasteiger partial charge in [0.25, 0.3) is 0 Å². The summed E-state index contributed by atoms with van der Waals surface area (Å²) in [5, 5.41) is 10.1. The molecule has 0 bridgehead atoms. The van der Waals surface area contributed by atoms with E-state index in [2.05, 4.69) is 20.5 Å². The molecule has 1 aliphatic heterocycles. The molecule has 1 aromatic carbocycles. The third kappa shape index (κ3) is 3.65. The van der Waals surface area contributed by atoms with E-state index in [0.29, 0.717) is 6.42 Å². The lowest BCUT2D eigenvalue weighted by Gasteiger charge is -2.22. The van der Waals surface area contributed by atoms with Gasteiger partial charge in [-0.2, -0.15) is 10.1 Å². The highest BCUT2D eigenvalue weighted by Gasteiger charge is 2.32. The number of sulfone groups is 1. The van der Waals surface area contributed by atoms with Crippen LogP contribution in [0, 0.1) is 17.5 Å². The first-order chi connectivity index (χ1) is 11.8. The van der Waals surface area contributed by atoms with Gasteiger partial charge in [0.1, 0.15) is 0 Å². The second-order valence-electron chi connectivity index (χ2n) is 5.66. The molecule has 0 aliphatic carbocycles. The molecule has 1 aliphatic rings. The summed E-state index contributed by atoms with van der Waals surface area (Å²) in [5.41, 5.74) is -0.309. The van der Waals surface area contributed by atoms with E-state index in [1.807, 2.05) is 0 Å². The number of anilines is 3. The second-order valence-corrected chi connectivity index (χ2v) is 7.89. The molecular weight excluding hydrogens is 359 g/mol. The van der Waals surface area contributed by atoms with E-state index in [4.69, 9.17) is 0 Å². The molecule has 1 unspecified atom stereocenters. The van der Waals surface area contributed by atoms with Gasteiger partial charge in [-0.3, -0.25) is 0 Å². The lowest BCUT2D eigenvalue weighted by atomic mass is 10.2. The third-order valence-corrected chi connectivity index (χ3v) is 5.67. The van der Waals surface area contributed by atoms with E-state index in [1.54, 1.807) is 11.9 Å². The maximum absolute atomic E-state index is 13.7. The van der Waals surface area contributed by atoms with Gasteiger partial charge in [0.05, 0.1) is 23.4 Å². The average molecular weight is 373 g/mol. The Labute approximate surface area is 141 Å². The summed E-state index contributed by atoms with van der Waals surface area (Å²) in [4.78, 5) is 5.69. The maximum Gasteiger partial charge on any atom is 0.247 e. The van der Waals surface area contributed by atoms with Crippen molar-refractivity contribution in [2.75, 3.05) is 28.8 Å². The largest absolute Gasteiger partial charge is 0.338 e. The predicted octanol–water partition coefficient (Wildman–Crippen LogP) is 1.66. The SMILES string of the molecule is CN(c1nncc(Nc2ccc(F)c(F)c2F)n1)C1CCS(=O)(=O)C1. The zero-order valence-corrected chi connectivity index (χ0v) is 13.9. The zero-order chi connectivity index (χ0) is 18.2. The van der Waals surface area contributed by atoms with Crippen molar-refractivity contribution in [3.05, 3.63) is 35.8 Å². The minimum absolute atomic E-state index is 0.0116. The van der Waals surface area contributed by atoms with Crippen molar-refractivity contribution >= 4 is 27.3 Å². The Hall–Kier alpha value is -2.43. The van der Waals surface area contributed by atoms with Crippen LogP contribution in [0.1, 0.15) is 6.42 Å². The molecule has 3 rings (SSSR count). The fourth-order valence-corrected chi connectivity index (χ4v) is 4.28. The Balaban J connectivity index is 1.81. The molecule has 2 aromatic rings. The quantitative estimate of drug-likeness (QED) is 0.816. The number of hydrogen-bond acceptors (Lipinski definition) is 7. The molecule has 7 nitrogen and oxygen atoms in total. The Morgan fingerprint density at radius 2 is 2.00 bits per heavy atom. The van der Waals surface area contributed by atoms with Gasteiger partial charge in [-0.1, -0.05) is 0 Å². The number of aromatic nitrogens is 3. The van der Waals surface area contributed by atoms with E-state index in [0.717, 1.165) is 12.1 Å². The van der Waals surface area contributed by atoms with Crippen LogP contribution in [-0.4, -0.2) is 48.2 Å². The van der Waals surface area contributed by atoms with Crippen molar-refractivity contribution in [2.24, 2.45) is 0 Å². The number of benzene rings is 1. The van der Waals surface area contributed by atoms with Crippen LogP contribution in [0.3, 0.4) is 0 Å². The Morgan fingerprint density at radius 1 is 1.24 bits per heavy atom. The molecule has 1 fully saturated rings. The molecule has 0 saturated carbocycles. The van der Waals surface area contributed by atoms with Gasteiger partial charge < -0.3 is 10.2 Å². The van der Waals surface area contributed by atoms with Crippen molar-refractivity contribution in [2.45, 2.75) is 12.5 Å². The summed E-state index contributed by atoms with van der Waals surface area (Å²) in [7, 11) is -1.45. The third-order valence-electron chi connectivity index (χ3n) is 3.92. The van der Waals surface area contributed by atoms with Gasteiger partial charge in [0.2, 0.25) is 5.95 Å². The average Bonchev–Trinajstić information content (AvgIpc) is 2.95. The van der Waals surface area contributed by atoms with Crippen LogP contribution >= 0.6 is 0 Å². The first kappa shape index (κ1) is 17.4. The standard InChI is InChI=1S/C14H14F3N5O2S/c1-22(8-4-5-25(23,24)7-8)14-20-11(6-18-21-14)19-10-3-2-9(15)12(16)13(10)17/h2-3,6,8H,4-5,7H2,1H3,(H,19,20,21). The number of nitrogens with one attached hydrogen (secondary N) is 1. The van der Waals surface area contributed by atoms with Gasteiger partial charge >= 0.3 is 0 Å². The van der Waals surface area contributed by atoms with Gasteiger partial charge in [0.15, 0.2) is 33.1 Å². The first-order valence-electron chi connectivity index (χ1n) is 7.30. The molecule has 1 atom stereocenters. The zero-order valence-electron chi connectivity index (χ0n) is 13.1. The van der Waals surface area contributed by atoms with Crippen molar-refractivity contribution in [3.8, 4) is 0 Å². The fourth-order valence-electron chi connectivity index (χ4n) is 2.51. The molecule has 1 aromatic heterocycles. The molecule has 1 N–H and O–H groups in total.